The van der Waals surface area contributed by atoms with Crippen LogP contribution in [0.3, 0.4) is 0 Å². The van der Waals surface area contributed by atoms with Crippen molar-refractivity contribution in [1.29, 1.82) is 0 Å². The van der Waals surface area contributed by atoms with E-state index >= 15 is 0 Å². The molecule has 13 heavy (non-hydrogen) atoms. The molecule has 0 amide bonds. The van der Waals surface area contributed by atoms with Crippen LogP contribution in [0.5, 0.6) is 0 Å². The van der Waals surface area contributed by atoms with Crippen LogP contribution in [0.1, 0.15) is 13.3 Å². The number of anilines is 1. The molecule has 0 aliphatic heterocycles. The first-order chi connectivity index (χ1) is 5.72. The summed E-state index contributed by atoms with van der Waals surface area (Å²) in [5.41, 5.74) is 1.25. The van der Waals surface area contributed by atoms with Gasteiger partial charge in [-0.3, -0.25) is 0 Å². The van der Waals surface area contributed by atoms with Gasteiger partial charge < -0.3 is 11.8 Å². The molecule has 0 aromatic heterocycles. The third-order valence-corrected chi connectivity index (χ3v) is 1.27. The maximum Gasteiger partial charge on any atom is 0.0360 e. The Labute approximate surface area is 107 Å². The van der Waals surface area contributed by atoms with Gasteiger partial charge in [0, 0.05) is 52.5 Å². The summed E-state index contributed by atoms with van der Waals surface area (Å²) in [6.07, 6.45) is 1.00. The second-order valence-corrected chi connectivity index (χ2v) is 2.73. The van der Waals surface area contributed by atoms with Gasteiger partial charge in [-0.25, -0.2) is 0 Å². The Balaban J connectivity index is 0. The second-order valence-electron chi connectivity index (χ2n) is 2.73. The van der Waals surface area contributed by atoms with Gasteiger partial charge in [-0.05, 0) is 12.1 Å². The minimum atomic E-state index is 0. The van der Waals surface area contributed by atoms with Crippen LogP contribution in [0.4, 0.5) is 5.69 Å². The Kier molecular flexibility index (Phi) is 12.2. The predicted molar refractivity (Wildman–Crippen MR) is 56.4 cm³/mol. The first-order valence-corrected chi connectivity index (χ1v) is 4.24. The van der Waals surface area contributed by atoms with E-state index in [2.05, 4.69) is 24.0 Å². The molecule has 2 heteroatoms. The summed E-state index contributed by atoms with van der Waals surface area (Å²) < 4.78 is 0. The van der Waals surface area contributed by atoms with Crippen molar-refractivity contribution in [3.05, 3.63) is 37.3 Å². The van der Waals surface area contributed by atoms with Crippen LogP contribution in [-0.4, -0.2) is 14.1 Å². The van der Waals surface area contributed by atoms with Gasteiger partial charge in [0.25, 0.3) is 0 Å². The summed E-state index contributed by atoms with van der Waals surface area (Å²) in [7, 11) is 4.07. The summed E-state index contributed by atoms with van der Waals surface area (Å²) >= 11 is 0. The summed E-state index contributed by atoms with van der Waals surface area (Å²) in [5.74, 6) is 0. The van der Waals surface area contributed by atoms with E-state index in [1.54, 1.807) is 0 Å². The maximum absolute atomic E-state index is 3.49. The monoisotopic (exact) mass is 253 g/mol. The molecule has 0 bridgehead atoms. The number of para-hydroxylation sites is 1. The molecule has 0 N–H and O–H groups in total. The molecule has 0 spiro atoms. The zero-order chi connectivity index (χ0) is 9.40. The third kappa shape index (κ3) is 8.45. The van der Waals surface area contributed by atoms with Gasteiger partial charge in [0.2, 0.25) is 0 Å². The van der Waals surface area contributed by atoms with Crippen molar-refractivity contribution in [3.63, 3.8) is 0 Å². The van der Waals surface area contributed by atoms with Crippen molar-refractivity contribution in [3.8, 4) is 0 Å². The van der Waals surface area contributed by atoms with Crippen molar-refractivity contribution in [1.82, 2.24) is 0 Å². The minimum Gasteiger partial charge on any atom is -0.378 e. The van der Waals surface area contributed by atoms with Crippen molar-refractivity contribution >= 4 is 5.69 Å². The number of benzene rings is 1. The normalized spacial score (nSPS) is 7.69. The smallest absolute Gasteiger partial charge is 0.0360 e. The van der Waals surface area contributed by atoms with Crippen LogP contribution < -0.4 is 4.90 Å². The van der Waals surface area contributed by atoms with Crippen LogP contribution in [0.15, 0.2) is 30.3 Å². The first kappa shape index (κ1) is 15.6. The standard InChI is InChI=1S/C8H11N.C3H7.Y/c1-9(2)8-6-4-3-5-7-8;1-3-2;/h3-7H,1-2H3;1,3H2,2H3;/q;-1;. The van der Waals surface area contributed by atoms with E-state index in [0.29, 0.717) is 0 Å². The van der Waals surface area contributed by atoms with Crippen LogP contribution in [-0.2, 0) is 32.7 Å². The zero-order valence-corrected chi connectivity index (χ0v) is 11.7. The summed E-state index contributed by atoms with van der Waals surface area (Å²) in [4.78, 5) is 2.08. The summed E-state index contributed by atoms with van der Waals surface area (Å²) in [6, 6.07) is 10.3. The fraction of sp³-hybridized carbons (Fsp3) is 0.364. The van der Waals surface area contributed by atoms with Gasteiger partial charge in [-0.15, -0.1) is 0 Å². The molecule has 1 nitrogen and oxygen atoms in total. The molecule has 1 radical (unpaired) electrons. The molecule has 0 heterocycles. The Morgan fingerprint density at radius 3 is 1.77 bits per heavy atom. The van der Waals surface area contributed by atoms with Crippen LogP contribution in [0, 0.1) is 6.92 Å². The van der Waals surface area contributed by atoms with Crippen LogP contribution in [0.2, 0.25) is 0 Å². The molecule has 0 saturated carbocycles. The summed E-state index contributed by atoms with van der Waals surface area (Å²) in [5, 5.41) is 0. The third-order valence-electron chi connectivity index (χ3n) is 1.27. The Bertz CT molecular complexity index is 185. The van der Waals surface area contributed by atoms with Crippen molar-refractivity contribution in [2.75, 3.05) is 19.0 Å². The van der Waals surface area contributed by atoms with Crippen molar-refractivity contribution < 1.29 is 32.7 Å². The Hall–Kier alpha value is 0.124. The average molecular weight is 253 g/mol. The SMILES string of the molecule is CN(C)c1ccccc1.[CH2-]CC.[Y]. The predicted octanol–water partition coefficient (Wildman–Crippen LogP) is 2.98. The van der Waals surface area contributed by atoms with Crippen LogP contribution >= 0.6 is 0 Å². The minimum absolute atomic E-state index is 0. The van der Waals surface area contributed by atoms with E-state index < -0.39 is 0 Å². The zero-order valence-electron chi connectivity index (χ0n) is 8.83. The van der Waals surface area contributed by atoms with E-state index in [-0.39, 0.29) is 32.7 Å². The molecule has 0 unspecified atom stereocenters. The molecule has 0 saturated heterocycles. The molecular weight excluding hydrogens is 235 g/mol. The van der Waals surface area contributed by atoms with E-state index in [1.807, 2.05) is 39.2 Å². The van der Waals surface area contributed by atoms with Gasteiger partial charge in [0.05, 0.1) is 0 Å². The topological polar surface area (TPSA) is 3.24 Å². The van der Waals surface area contributed by atoms with Gasteiger partial charge in [-0.2, -0.15) is 6.42 Å². The van der Waals surface area contributed by atoms with E-state index in [4.69, 9.17) is 0 Å². The molecule has 1 rings (SSSR count). The van der Waals surface area contributed by atoms with Crippen molar-refractivity contribution in [2.45, 2.75) is 13.3 Å². The fourth-order valence-electron chi connectivity index (χ4n) is 0.726. The molecule has 0 aliphatic rings. The molecule has 0 atom stereocenters. The first-order valence-electron chi connectivity index (χ1n) is 4.24. The number of hydrogen-bond acceptors (Lipinski definition) is 1. The number of hydrogen-bond donors (Lipinski definition) is 0. The number of nitrogens with zero attached hydrogens (tertiary/aromatic N) is 1. The average Bonchev–Trinajstić information content (AvgIpc) is 2.07. The van der Waals surface area contributed by atoms with E-state index in [9.17, 15) is 0 Å². The fourth-order valence-corrected chi connectivity index (χ4v) is 0.726. The van der Waals surface area contributed by atoms with Gasteiger partial charge in [0.1, 0.15) is 0 Å². The summed E-state index contributed by atoms with van der Waals surface area (Å²) in [6.45, 7) is 5.50. The molecule has 1 aromatic carbocycles. The van der Waals surface area contributed by atoms with Gasteiger partial charge >= 0.3 is 0 Å². The number of rotatable bonds is 1. The Morgan fingerprint density at radius 1 is 1.15 bits per heavy atom. The van der Waals surface area contributed by atoms with Gasteiger partial charge in [-0.1, -0.05) is 25.1 Å². The molecular formula is C11H18NY-. The largest absolute Gasteiger partial charge is 0.378 e. The maximum atomic E-state index is 3.49. The Morgan fingerprint density at radius 2 is 1.54 bits per heavy atom. The van der Waals surface area contributed by atoms with Gasteiger partial charge in [0.15, 0.2) is 0 Å². The van der Waals surface area contributed by atoms with Crippen LogP contribution in [0.25, 0.3) is 0 Å². The second kappa shape index (κ2) is 10.2. The van der Waals surface area contributed by atoms with E-state index in [1.165, 1.54) is 5.69 Å². The molecule has 0 aliphatic carbocycles. The van der Waals surface area contributed by atoms with Crippen molar-refractivity contribution in [2.24, 2.45) is 0 Å². The molecule has 1 aromatic rings. The molecule has 71 valence electrons. The van der Waals surface area contributed by atoms with E-state index in [0.717, 1.165) is 6.42 Å². The molecule has 0 fully saturated rings. The quantitative estimate of drug-likeness (QED) is 0.695.